The van der Waals surface area contributed by atoms with Crippen LogP contribution in [0.25, 0.3) is 0 Å². The van der Waals surface area contributed by atoms with Gasteiger partial charge in [0, 0.05) is 0 Å². The van der Waals surface area contributed by atoms with E-state index in [0.29, 0.717) is 13.2 Å². The van der Waals surface area contributed by atoms with Gasteiger partial charge in [-0.3, -0.25) is 9.05 Å². The summed E-state index contributed by atoms with van der Waals surface area (Å²) in [6.07, 6.45) is 9.30. The van der Waals surface area contributed by atoms with Crippen LogP contribution in [0.2, 0.25) is 0 Å². The zero-order valence-corrected chi connectivity index (χ0v) is 11.6. The van der Waals surface area contributed by atoms with Crippen molar-refractivity contribution in [2.24, 2.45) is 0 Å². The third-order valence-electron chi connectivity index (χ3n) is 2.39. The summed E-state index contributed by atoms with van der Waals surface area (Å²) in [5.41, 5.74) is 0. The topological polar surface area (TPSA) is 35.5 Å². The van der Waals surface area contributed by atoms with Gasteiger partial charge in [-0.2, -0.15) is 0 Å². The molecular weight excluding hydrogens is 223 g/mol. The van der Waals surface area contributed by atoms with E-state index in [2.05, 4.69) is 13.8 Å². The monoisotopic (exact) mass is 249 g/mol. The minimum Gasteiger partial charge on any atom is -0.283 e. The lowest BCUT2D eigenvalue weighted by atomic mass is 10.1. The molecule has 0 aliphatic heterocycles. The Kier molecular flexibility index (Phi) is 13.1. The highest BCUT2D eigenvalue weighted by Crippen LogP contribution is 2.24. The Morgan fingerprint density at radius 3 is 1.88 bits per heavy atom. The zero-order chi connectivity index (χ0) is 12.1. The van der Waals surface area contributed by atoms with E-state index >= 15 is 0 Å². The van der Waals surface area contributed by atoms with Crippen molar-refractivity contribution >= 4 is 8.25 Å². The van der Waals surface area contributed by atoms with E-state index in [1.807, 2.05) is 0 Å². The molecular formula is C12H26O3P. The predicted molar refractivity (Wildman–Crippen MR) is 67.8 cm³/mol. The molecule has 0 saturated heterocycles. The molecule has 1 radical (unpaired) electrons. The molecule has 0 rings (SSSR count). The van der Waals surface area contributed by atoms with Gasteiger partial charge in [-0.1, -0.05) is 52.4 Å². The maximum absolute atomic E-state index is 11.2. The van der Waals surface area contributed by atoms with Gasteiger partial charge < -0.3 is 0 Å². The van der Waals surface area contributed by atoms with Gasteiger partial charge in [0.1, 0.15) is 0 Å². The molecule has 0 N–H and O–H groups in total. The van der Waals surface area contributed by atoms with Gasteiger partial charge in [0.05, 0.1) is 13.2 Å². The Morgan fingerprint density at radius 1 is 0.750 bits per heavy atom. The molecule has 0 aromatic rings. The van der Waals surface area contributed by atoms with Crippen molar-refractivity contribution in [3.05, 3.63) is 0 Å². The van der Waals surface area contributed by atoms with E-state index in [0.717, 1.165) is 25.7 Å². The Balaban J connectivity index is 3.09. The molecule has 97 valence electrons. The van der Waals surface area contributed by atoms with E-state index < -0.39 is 8.25 Å². The van der Waals surface area contributed by atoms with Crippen LogP contribution in [0.3, 0.4) is 0 Å². The molecule has 0 spiro atoms. The fraction of sp³-hybridized carbons (Fsp3) is 1.00. The summed E-state index contributed by atoms with van der Waals surface area (Å²) in [5.74, 6) is 0. The van der Waals surface area contributed by atoms with Crippen molar-refractivity contribution in [2.45, 2.75) is 65.2 Å². The second kappa shape index (κ2) is 13.1. The van der Waals surface area contributed by atoms with Crippen LogP contribution in [0.5, 0.6) is 0 Å². The normalized spacial score (nSPS) is 11.8. The van der Waals surface area contributed by atoms with Crippen LogP contribution < -0.4 is 0 Å². The first-order valence-corrected chi connectivity index (χ1v) is 7.63. The molecule has 0 amide bonds. The maximum Gasteiger partial charge on any atom is 0.368 e. The first-order valence-electron chi connectivity index (χ1n) is 6.54. The van der Waals surface area contributed by atoms with Crippen LogP contribution in [-0.4, -0.2) is 13.2 Å². The largest absolute Gasteiger partial charge is 0.368 e. The minimum absolute atomic E-state index is 0.544. The second-order valence-electron chi connectivity index (χ2n) is 4.01. The van der Waals surface area contributed by atoms with Gasteiger partial charge in [-0.05, 0) is 12.8 Å². The van der Waals surface area contributed by atoms with E-state index in [4.69, 9.17) is 9.05 Å². The smallest absolute Gasteiger partial charge is 0.283 e. The molecule has 0 bridgehead atoms. The van der Waals surface area contributed by atoms with Gasteiger partial charge in [-0.15, -0.1) is 0 Å². The van der Waals surface area contributed by atoms with Crippen LogP contribution in [0, 0.1) is 0 Å². The summed E-state index contributed by atoms with van der Waals surface area (Å²) < 4.78 is 21.3. The van der Waals surface area contributed by atoms with Crippen molar-refractivity contribution in [2.75, 3.05) is 13.2 Å². The van der Waals surface area contributed by atoms with Crippen LogP contribution in [0.4, 0.5) is 0 Å². The number of unbranched alkanes of at least 4 members (excludes halogenated alkanes) is 6. The first kappa shape index (κ1) is 16.0. The van der Waals surface area contributed by atoms with Crippen molar-refractivity contribution in [3.8, 4) is 0 Å². The molecule has 0 aliphatic carbocycles. The number of rotatable bonds is 12. The summed E-state index contributed by atoms with van der Waals surface area (Å²) in [4.78, 5) is 0. The Bertz CT molecular complexity index is 162. The van der Waals surface area contributed by atoms with Gasteiger partial charge in [0.2, 0.25) is 0 Å². The van der Waals surface area contributed by atoms with Crippen molar-refractivity contribution in [3.63, 3.8) is 0 Å². The first-order chi connectivity index (χ1) is 7.81. The Hall–Kier alpha value is 0.0200. The summed E-state index contributed by atoms with van der Waals surface area (Å²) >= 11 is 0. The van der Waals surface area contributed by atoms with Crippen LogP contribution in [0.15, 0.2) is 0 Å². The molecule has 0 aliphatic rings. The zero-order valence-electron chi connectivity index (χ0n) is 10.7. The van der Waals surface area contributed by atoms with E-state index in [1.54, 1.807) is 0 Å². The average molecular weight is 249 g/mol. The van der Waals surface area contributed by atoms with Crippen LogP contribution >= 0.6 is 8.25 Å². The van der Waals surface area contributed by atoms with Gasteiger partial charge in [-0.25, -0.2) is 4.57 Å². The van der Waals surface area contributed by atoms with Gasteiger partial charge >= 0.3 is 8.25 Å². The van der Waals surface area contributed by atoms with Crippen molar-refractivity contribution in [1.82, 2.24) is 0 Å². The lowest BCUT2D eigenvalue weighted by Gasteiger charge is -2.03. The fourth-order valence-corrected chi connectivity index (χ4v) is 1.97. The lowest BCUT2D eigenvalue weighted by Crippen LogP contribution is -1.91. The van der Waals surface area contributed by atoms with Gasteiger partial charge in [0.25, 0.3) is 0 Å². The standard InChI is InChI=1S/C12H26O3P/c1-3-5-7-8-9-10-12-15-16(13)14-11-6-4-2/h3-12H2,1-2H3. The molecule has 3 nitrogen and oxygen atoms in total. The highest BCUT2D eigenvalue weighted by atomic mass is 31.1. The third kappa shape index (κ3) is 12.1. The predicted octanol–water partition coefficient (Wildman–Crippen LogP) is 4.84. The average Bonchev–Trinajstić information content (AvgIpc) is 2.28. The highest BCUT2D eigenvalue weighted by Gasteiger charge is 2.01. The van der Waals surface area contributed by atoms with E-state index in [1.165, 1.54) is 25.7 Å². The quantitative estimate of drug-likeness (QED) is 0.367. The molecule has 1 unspecified atom stereocenters. The molecule has 0 aromatic carbocycles. The molecule has 0 fully saturated rings. The third-order valence-corrected chi connectivity index (χ3v) is 3.18. The Morgan fingerprint density at radius 2 is 1.25 bits per heavy atom. The Labute approximate surface area is 101 Å². The molecule has 0 heterocycles. The van der Waals surface area contributed by atoms with Crippen LogP contribution in [-0.2, 0) is 13.6 Å². The van der Waals surface area contributed by atoms with Gasteiger partial charge in [0.15, 0.2) is 0 Å². The summed E-state index contributed by atoms with van der Waals surface area (Å²) in [5, 5.41) is 0. The molecule has 4 heteroatoms. The summed E-state index contributed by atoms with van der Waals surface area (Å²) in [6, 6.07) is 0. The van der Waals surface area contributed by atoms with E-state index in [9.17, 15) is 4.57 Å². The minimum atomic E-state index is -1.87. The lowest BCUT2D eigenvalue weighted by molar-refractivity contribution is 0.219. The van der Waals surface area contributed by atoms with Crippen molar-refractivity contribution in [1.29, 1.82) is 0 Å². The summed E-state index contributed by atoms with van der Waals surface area (Å²) in [6.45, 7) is 5.39. The number of hydrogen-bond donors (Lipinski definition) is 0. The van der Waals surface area contributed by atoms with Crippen molar-refractivity contribution < 1.29 is 13.6 Å². The molecule has 1 atom stereocenters. The highest BCUT2D eigenvalue weighted by molar-refractivity contribution is 7.33. The molecule has 0 aromatic heterocycles. The molecule has 16 heavy (non-hydrogen) atoms. The fourth-order valence-electron chi connectivity index (χ4n) is 1.34. The van der Waals surface area contributed by atoms with E-state index in [-0.39, 0.29) is 0 Å². The summed E-state index contributed by atoms with van der Waals surface area (Å²) in [7, 11) is -1.87. The SMILES string of the molecule is CCCCCCCCO[P](=O)OCCCC. The van der Waals surface area contributed by atoms with Crippen LogP contribution in [0.1, 0.15) is 65.2 Å². The second-order valence-corrected chi connectivity index (χ2v) is 4.97. The maximum atomic E-state index is 11.2. The number of hydrogen-bond acceptors (Lipinski definition) is 3. The molecule has 0 saturated carbocycles.